The highest BCUT2D eigenvalue weighted by Crippen LogP contribution is 2.67. The molecular weight excluding hydrogens is 306 g/mol. The summed E-state index contributed by atoms with van der Waals surface area (Å²) in [4.78, 5) is 25.4. The first-order valence-corrected chi connectivity index (χ1v) is 8.72. The summed E-state index contributed by atoms with van der Waals surface area (Å²) < 4.78 is 5.36. The van der Waals surface area contributed by atoms with Crippen molar-refractivity contribution in [1.82, 2.24) is 4.90 Å². The Morgan fingerprint density at radius 1 is 1.17 bits per heavy atom. The van der Waals surface area contributed by atoms with Crippen molar-refractivity contribution in [3.63, 3.8) is 0 Å². The van der Waals surface area contributed by atoms with E-state index in [-0.39, 0.29) is 11.5 Å². The van der Waals surface area contributed by atoms with Crippen molar-refractivity contribution in [3.05, 3.63) is 35.9 Å². The summed E-state index contributed by atoms with van der Waals surface area (Å²) in [6, 6.07) is 9.66. The zero-order chi connectivity index (χ0) is 16.8. The van der Waals surface area contributed by atoms with Crippen molar-refractivity contribution >= 4 is 12.1 Å². The SMILES string of the molecule is O=C(OCc1ccccc1)N1CC(C23CCCC(C(=O)O)(C2)C3)C1. The van der Waals surface area contributed by atoms with E-state index in [4.69, 9.17) is 4.74 Å². The number of hydrogen-bond acceptors (Lipinski definition) is 3. The predicted octanol–water partition coefficient (Wildman–Crippen LogP) is 3.29. The van der Waals surface area contributed by atoms with E-state index in [0.717, 1.165) is 37.7 Å². The standard InChI is InChI=1S/C19H23NO4/c21-16(22)19-8-4-7-18(12-19,13-19)15-9-20(10-15)17(23)24-11-14-5-2-1-3-6-14/h1-3,5-6,15H,4,7-13H2,(H,21,22). The summed E-state index contributed by atoms with van der Waals surface area (Å²) in [5.74, 6) is -0.189. The first kappa shape index (κ1) is 15.5. The lowest BCUT2D eigenvalue weighted by atomic mass is 9.41. The van der Waals surface area contributed by atoms with Gasteiger partial charge in [-0.2, -0.15) is 0 Å². The van der Waals surface area contributed by atoms with Crippen LogP contribution >= 0.6 is 0 Å². The maximum Gasteiger partial charge on any atom is 0.410 e. The van der Waals surface area contributed by atoms with E-state index < -0.39 is 11.4 Å². The van der Waals surface area contributed by atoms with Gasteiger partial charge in [-0.1, -0.05) is 36.8 Å². The van der Waals surface area contributed by atoms with Gasteiger partial charge >= 0.3 is 12.1 Å². The number of benzene rings is 1. The topological polar surface area (TPSA) is 66.8 Å². The first-order chi connectivity index (χ1) is 11.5. The molecule has 0 aromatic heterocycles. The second-order valence-electron chi connectivity index (χ2n) is 7.80. The molecule has 3 saturated carbocycles. The first-order valence-electron chi connectivity index (χ1n) is 8.72. The summed E-state index contributed by atoms with van der Waals surface area (Å²) >= 11 is 0. The van der Waals surface area contributed by atoms with Crippen LogP contribution in [0.5, 0.6) is 0 Å². The molecule has 1 N–H and O–H groups in total. The second kappa shape index (κ2) is 5.50. The van der Waals surface area contributed by atoms with Gasteiger partial charge in [0.25, 0.3) is 0 Å². The molecule has 128 valence electrons. The number of aliphatic carboxylic acids is 1. The Kier molecular flexibility index (Phi) is 3.55. The summed E-state index contributed by atoms with van der Waals surface area (Å²) in [6.07, 6.45) is 4.27. The minimum Gasteiger partial charge on any atom is -0.481 e. The number of rotatable bonds is 4. The van der Waals surface area contributed by atoms with Crippen molar-refractivity contribution in [2.75, 3.05) is 13.1 Å². The Morgan fingerprint density at radius 2 is 1.88 bits per heavy atom. The van der Waals surface area contributed by atoms with E-state index in [2.05, 4.69) is 0 Å². The molecule has 0 atom stereocenters. The molecule has 0 unspecified atom stereocenters. The molecule has 3 aliphatic carbocycles. The van der Waals surface area contributed by atoms with E-state index >= 15 is 0 Å². The second-order valence-corrected chi connectivity index (χ2v) is 7.80. The molecule has 1 aromatic rings. The summed E-state index contributed by atoms with van der Waals surface area (Å²) in [5, 5.41) is 9.46. The zero-order valence-corrected chi connectivity index (χ0v) is 13.7. The summed E-state index contributed by atoms with van der Waals surface area (Å²) in [7, 11) is 0. The van der Waals surface area contributed by atoms with Gasteiger partial charge in [-0.15, -0.1) is 0 Å². The van der Waals surface area contributed by atoms with Crippen LogP contribution in [-0.4, -0.2) is 35.2 Å². The smallest absolute Gasteiger partial charge is 0.410 e. The van der Waals surface area contributed by atoms with Gasteiger partial charge in [-0.25, -0.2) is 4.79 Å². The molecule has 1 heterocycles. The maximum absolute atomic E-state index is 12.1. The lowest BCUT2D eigenvalue weighted by Crippen LogP contribution is -2.65. The number of amides is 1. The van der Waals surface area contributed by atoms with Gasteiger partial charge in [0, 0.05) is 19.0 Å². The molecule has 5 rings (SSSR count). The van der Waals surface area contributed by atoms with Crippen molar-refractivity contribution in [1.29, 1.82) is 0 Å². The highest BCUT2D eigenvalue weighted by atomic mass is 16.6. The Balaban J connectivity index is 1.28. The van der Waals surface area contributed by atoms with Crippen molar-refractivity contribution in [3.8, 4) is 0 Å². The molecule has 5 nitrogen and oxygen atoms in total. The minimum atomic E-state index is -0.628. The fraction of sp³-hybridized carbons (Fsp3) is 0.579. The van der Waals surface area contributed by atoms with E-state index in [1.807, 2.05) is 30.3 Å². The summed E-state index contributed by atoms with van der Waals surface area (Å²) in [5.41, 5.74) is 0.679. The highest BCUT2D eigenvalue weighted by Gasteiger charge is 2.65. The number of carbonyl (C=O) groups excluding carboxylic acids is 1. The lowest BCUT2D eigenvalue weighted by molar-refractivity contribution is -0.194. The molecule has 4 aliphatic rings. The number of carboxylic acids is 1. The van der Waals surface area contributed by atoms with Gasteiger partial charge in [0.1, 0.15) is 6.61 Å². The van der Waals surface area contributed by atoms with Crippen LogP contribution in [0.1, 0.15) is 37.7 Å². The molecule has 1 aliphatic heterocycles. The Morgan fingerprint density at radius 3 is 2.54 bits per heavy atom. The predicted molar refractivity (Wildman–Crippen MR) is 87.3 cm³/mol. The molecule has 0 spiro atoms. The number of hydrogen-bond donors (Lipinski definition) is 1. The van der Waals surface area contributed by atoms with Crippen molar-refractivity contribution < 1.29 is 19.4 Å². The molecule has 1 aromatic carbocycles. The average Bonchev–Trinajstić information content (AvgIpc) is 2.52. The van der Waals surface area contributed by atoms with Gasteiger partial charge in [-0.05, 0) is 36.7 Å². The van der Waals surface area contributed by atoms with Gasteiger partial charge in [0.15, 0.2) is 0 Å². The van der Waals surface area contributed by atoms with Crippen LogP contribution in [0.4, 0.5) is 4.79 Å². The van der Waals surface area contributed by atoms with Crippen LogP contribution < -0.4 is 0 Å². The molecular formula is C19H23NO4. The van der Waals surface area contributed by atoms with Gasteiger partial charge < -0.3 is 14.7 Å². The fourth-order valence-corrected chi connectivity index (χ4v) is 5.00. The van der Waals surface area contributed by atoms with Gasteiger partial charge in [0.2, 0.25) is 0 Å². The molecule has 5 heteroatoms. The number of nitrogens with zero attached hydrogens (tertiary/aromatic N) is 1. The third-order valence-corrected chi connectivity index (χ3v) is 6.38. The molecule has 1 saturated heterocycles. The van der Waals surface area contributed by atoms with Crippen LogP contribution in [0.3, 0.4) is 0 Å². The van der Waals surface area contributed by atoms with Crippen molar-refractivity contribution in [2.45, 2.75) is 38.7 Å². The minimum absolute atomic E-state index is 0.160. The third kappa shape index (κ3) is 2.38. The van der Waals surface area contributed by atoms with Crippen LogP contribution in [0, 0.1) is 16.7 Å². The molecule has 2 bridgehead atoms. The summed E-state index contributed by atoms with van der Waals surface area (Å²) in [6.45, 7) is 1.72. The van der Waals surface area contributed by atoms with E-state index in [9.17, 15) is 14.7 Å². The Bertz CT molecular complexity index is 645. The average molecular weight is 329 g/mol. The largest absolute Gasteiger partial charge is 0.481 e. The zero-order valence-electron chi connectivity index (χ0n) is 13.7. The van der Waals surface area contributed by atoms with Crippen LogP contribution in [0.25, 0.3) is 0 Å². The van der Waals surface area contributed by atoms with E-state index in [1.54, 1.807) is 4.90 Å². The third-order valence-electron chi connectivity index (χ3n) is 6.38. The highest BCUT2D eigenvalue weighted by molar-refractivity contribution is 5.77. The molecule has 4 fully saturated rings. The molecule has 1 amide bonds. The van der Waals surface area contributed by atoms with E-state index in [1.165, 1.54) is 0 Å². The molecule has 24 heavy (non-hydrogen) atoms. The number of fused-ring (bicyclic) bond motifs is 2. The lowest BCUT2D eigenvalue weighted by Gasteiger charge is -2.64. The van der Waals surface area contributed by atoms with Crippen LogP contribution in [0.15, 0.2) is 30.3 Å². The van der Waals surface area contributed by atoms with E-state index in [0.29, 0.717) is 25.6 Å². The maximum atomic E-state index is 12.1. The number of ether oxygens (including phenoxy) is 1. The normalized spacial score (nSPS) is 31.8. The quantitative estimate of drug-likeness (QED) is 0.920. The van der Waals surface area contributed by atoms with Crippen LogP contribution in [-0.2, 0) is 16.1 Å². The number of carboxylic acid groups (broad SMARTS) is 1. The number of carbonyl (C=O) groups is 2. The van der Waals surface area contributed by atoms with Gasteiger partial charge in [-0.3, -0.25) is 4.79 Å². The Labute approximate surface area is 141 Å². The molecule has 0 radical (unpaired) electrons. The Hall–Kier alpha value is -2.04. The van der Waals surface area contributed by atoms with Crippen molar-refractivity contribution in [2.24, 2.45) is 16.7 Å². The van der Waals surface area contributed by atoms with Crippen LogP contribution in [0.2, 0.25) is 0 Å². The monoisotopic (exact) mass is 329 g/mol. The fourth-order valence-electron chi connectivity index (χ4n) is 5.00. The van der Waals surface area contributed by atoms with Gasteiger partial charge in [0.05, 0.1) is 5.41 Å². The number of likely N-dealkylation sites (tertiary alicyclic amines) is 1.